The number of hydrogen-bond acceptors (Lipinski definition) is 3. The topological polar surface area (TPSA) is 50.8 Å². The Morgan fingerprint density at radius 3 is 3.12 bits per heavy atom. The lowest BCUT2D eigenvalue weighted by atomic mass is 10.0. The number of rotatable bonds is 1. The minimum atomic E-state index is -0.255. The van der Waals surface area contributed by atoms with Gasteiger partial charge in [-0.3, -0.25) is 0 Å². The number of fused-ring (bicyclic) bond motifs is 1. The molecule has 84 valence electrons. The van der Waals surface area contributed by atoms with Crippen LogP contribution < -0.4 is 0 Å². The Hall–Kier alpha value is -1.42. The molecule has 4 nitrogen and oxygen atoms in total. The van der Waals surface area contributed by atoms with Gasteiger partial charge in [0.15, 0.2) is 5.65 Å². The number of ether oxygens (including phenoxy) is 1. The first kappa shape index (κ1) is 9.78. The van der Waals surface area contributed by atoms with Gasteiger partial charge in [0.2, 0.25) is 0 Å². The summed E-state index contributed by atoms with van der Waals surface area (Å²) in [4.78, 5) is 12.1. The minimum absolute atomic E-state index is 0.255. The molecule has 1 unspecified atom stereocenters. The Bertz CT molecular complexity index is 526. The highest BCUT2D eigenvalue weighted by Gasteiger charge is 2.34. The summed E-state index contributed by atoms with van der Waals surface area (Å²) in [5.41, 5.74) is 2.65. The average Bonchev–Trinajstić information content (AvgIpc) is 2.84. The van der Waals surface area contributed by atoms with Gasteiger partial charge in [0.05, 0.1) is 5.52 Å². The summed E-state index contributed by atoms with van der Waals surface area (Å²) in [5.74, 6) is 0.901. The molecule has 3 rings (SSSR count). The second-order valence-corrected chi connectivity index (χ2v) is 4.65. The van der Waals surface area contributed by atoms with Crippen molar-refractivity contribution in [3.05, 3.63) is 23.7 Å². The summed E-state index contributed by atoms with van der Waals surface area (Å²) >= 11 is 0. The molecule has 0 amide bonds. The lowest BCUT2D eigenvalue weighted by Gasteiger charge is -2.19. The lowest BCUT2D eigenvalue weighted by molar-refractivity contribution is 0.0103. The van der Waals surface area contributed by atoms with Crippen LogP contribution >= 0.6 is 0 Å². The first-order valence-electron chi connectivity index (χ1n) is 5.64. The van der Waals surface area contributed by atoms with Gasteiger partial charge in [0.1, 0.15) is 11.4 Å². The second kappa shape index (κ2) is 3.28. The van der Waals surface area contributed by atoms with Crippen molar-refractivity contribution in [2.24, 2.45) is 0 Å². The summed E-state index contributed by atoms with van der Waals surface area (Å²) in [7, 11) is 0. The molecule has 2 aromatic rings. The van der Waals surface area contributed by atoms with Crippen LogP contribution in [0.15, 0.2) is 12.3 Å². The second-order valence-electron chi connectivity index (χ2n) is 4.65. The maximum absolute atomic E-state index is 5.76. The van der Waals surface area contributed by atoms with Crippen LogP contribution in [0.2, 0.25) is 0 Å². The number of H-pyrrole nitrogens is 1. The van der Waals surface area contributed by atoms with E-state index in [1.165, 1.54) is 0 Å². The maximum Gasteiger partial charge on any atom is 0.177 e. The standard InChI is InChI=1S/C12H15N3O/c1-8-6-9-10(13-7-8)15-11(14-9)12(2)4-3-5-16-12/h6-7H,3-5H2,1-2H3,(H,13,14,15). The van der Waals surface area contributed by atoms with Crippen LogP contribution in [-0.2, 0) is 10.3 Å². The van der Waals surface area contributed by atoms with E-state index in [0.29, 0.717) is 0 Å². The van der Waals surface area contributed by atoms with Gasteiger partial charge in [-0.15, -0.1) is 0 Å². The molecule has 4 heteroatoms. The summed E-state index contributed by atoms with van der Waals surface area (Å²) in [5, 5.41) is 0. The third kappa shape index (κ3) is 1.41. The lowest BCUT2D eigenvalue weighted by Crippen LogP contribution is -2.21. The van der Waals surface area contributed by atoms with Gasteiger partial charge in [-0.2, -0.15) is 0 Å². The van der Waals surface area contributed by atoms with E-state index < -0.39 is 0 Å². The molecule has 1 N–H and O–H groups in total. The zero-order valence-corrected chi connectivity index (χ0v) is 9.58. The Morgan fingerprint density at radius 2 is 2.38 bits per heavy atom. The average molecular weight is 217 g/mol. The van der Waals surface area contributed by atoms with Gasteiger partial charge < -0.3 is 9.72 Å². The van der Waals surface area contributed by atoms with Crippen molar-refractivity contribution in [2.45, 2.75) is 32.3 Å². The number of nitrogens with zero attached hydrogens (tertiary/aromatic N) is 2. The molecule has 1 fully saturated rings. The zero-order chi connectivity index (χ0) is 11.2. The van der Waals surface area contributed by atoms with E-state index >= 15 is 0 Å². The van der Waals surface area contributed by atoms with Crippen molar-refractivity contribution in [3.8, 4) is 0 Å². The number of aryl methyl sites for hydroxylation is 1. The molecule has 3 heterocycles. The fraction of sp³-hybridized carbons (Fsp3) is 0.500. The molecule has 0 aliphatic carbocycles. The van der Waals surface area contributed by atoms with E-state index in [1.807, 2.05) is 13.1 Å². The van der Waals surface area contributed by atoms with Gasteiger partial charge in [-0.05, 0) is 38.3 Å². The van der Waals surface area contributed by atoms with Crippen LogP contribution in [0.25, 0.3) is 11.2 Å². The van der Waals surface area contributed by atoms with E-state index in [1.54, 1.807) is 0 Å². The molecular formula is C12H15N3O. The fourth-order valence-electron chi connectivity index (χ4n) is 2.22. The molecular weight excluding hydrogens is 202 g/mol. The van der Waals surface area contributed by atoms with E-state index in [9.17, 15) is 0 Å². The van der Waals surface area contributed by atoms with Gasteiger partial charge in [-0.25, -0.2) is 9.97 Å². The number of aromatic amines is 1. The molecule has 1 aliphatic rings. The van der Waals surface area contributed by atoms with Crippen LogP contribution in [0.5, 0.6) is 0 Å². The SMILES string of the molecule is Cc1cnc2nc(C3(C)CCCO3)[nH]c2c1. The largest absolute Gasteiger partial charge is 0.367 e. The maximum atomic E-state index is 5.76. The monoisotopic (exact) mass is 217 g/mol. The molecule has 2 aromatic heterocycles. The number of nitrogens with one attached hydrogen (secondary N) is 1. The van der Waals surface area contributed by atoms with Gasteiger partial charge in [0, 0.05) is 12.8 Å². The van der Waals surface area contributed by atoms with Crippen molar-refractivity contribution in [2.75, 3.05) is 6.61 Å². The third-order valence-corrected chi connectivity index (χ3v) is 3.19. The highest BCUT2D eigenvalue weighted by Crippen LogP contribution is 2.34. The summed E-state index contributed by atoms with van der Waals surface area (Å²) in [6.07, 6.45) is 3.95. The minimum Gasteiger partial charge on any atom is -0.367 e. The van der Waals surface area contributed by atoms with Gasteiger partial charge in [0.25, 0.3) is 0 Å². The van der Waals surface area contributed by atoms with E-state index in [0.717, 1.165) is 42.0 Å². The van der Waals surface area contributed by atoms with E-state index in [-0.39, 0.29) is 5.60 Å². The Morgan fingerprint density at radius 1 is 1.50 bits per heavy atom. The molecule has 0 spiro atoms. The first-order valence-corrected chi connectivity index (χ1v) is 5.64. The molecule has 1 aliphatic heterocycles. The van der Waals surface area contributed by atoms with Crippen LogP contribution in [0.4, 0.5) is 0 Å². The summed E-state index contributed by atoms with van der Waals surface area (Å²) in [6, 6.07) is 2.07. The van der Waals surface area contributed by atoms with Crippen molar-refractivity contribution in [3.63, 3.8) is 0 Å². The first-order chi connectivity index (χ1) is 7.67. The quantitative estimate of drug-likeness (QED) is 0.797. The zero-order valence-electron chi connectivity index (χ0n) is 9.58. The Balaban J connectivity index is 2.11. The highest BCUT2D eigenvalue weighted by atomic mass is 16.5. The fourth-order valence-corrected chi connectivity index (χ4v) is 2.22. The van der Waals surface area contributed by atoms with E-state index in [4.69, 9.17) is 4.74 Å². The van der Waals surface area contributed by atoms with Crippen LogP contribution in [0.3, 0.4) is 0 Å². The van der Waals surface area contributed by atoms with Crippen molar-refractivity contribution in [1.82, 2.24) is 15.0 Å². The summed E-state index contributed by atoms with van der Waals surface area (Å²) < 4.78 is 5.76. The number of aromatic nitrogens is 3. The number of pyridine rings is 1. The molecule has 0 aromatic carbocycles. The van der Waals surface area contributed by atoms with Crippen LogP contribution in [0.1, 0.15) is 31.2 Å². The van der Waals surface area contributed by atoms with Crippen molar-refractivity contribution in [1.29, 1.82) is 0 Å². The van der Waals surface area contributed by atoms with E-state index in [2.05, 4.69) is 27.9 Å². The van der Waals surface area contributed by atoms with Crippen LogP contribution in [-0.4, -0.2) is 21.6 Å². The number of hydrogen-bond donors (Lipinski definition) is 1. The predicted molar refractivity (Wildman–Crippen MR) is 61.2 cm³/mol. The number of imidazole rings is 1. The smallest absolute Gasteiger partial charge is 0.177 e. The molecule has 16 heavy (non-hydrogen) atoms. The molecule has 0 radical (unpaired) electrons. The molecule has 0 saturated carbocycles. The molecule has 1 saturated heterocycles. The molecule has 0 bridgehead atoms. The summed E-state index contributed by atoms with van der Waals surface area (Å²) in [6.45, 7) is 4.94. The highest BCUT2D eigenvalue weighted by molar-refractivity contribution is 5.71. The van der Waals surface area contributed by atoms with Gasteiger partial charge in [-0.1, -0.05) is 0 Å². The van der Waals surface area contributed by atoms with Crippen molar-refractivity contribution >= 4 is 11.2 Å². The van der Waals surface area contributed by atoms with Gasteiger partial charge >= 0.3 is 0 Å². The predicted octanol–water partition coefficient (Wildman–Crippen LogP) is 2.29. The Kier molecular flexibility index (Phi) is 2.01. The normalized spacial score (nSPS) is 25.4. The molecule has 1 atom stereocenters. The van der Waals surface area contributed by atoms with Crippen molar-refractivity contribution < 1.29 is 4.74 Å². The third-order valence-electron chi connectivity index (χ3n) is 3.19. The van der Waals surface area contributed by atoms with Crippen LogP contribution in [0, 0.1) is 6.92 Å². The Labute approximate surface area is 94.1 Å².